The van der Waals surface area contributed by atoms with Crippen LogP contribution < -0.4 is 0 Å². The van der Waals surface area contributed by atoms with Gasteiger partial charge in [0.1, 0.15) is 5.82 Å². The molecule has 4 nitrogen and oxygen atoms in total. The van der Waals surface area contributed by atoms with E-state index < -0.39 is 11.9 Å². The number of nitrogens with zero attached hydrogens (tertiary/aromatic N) is 2. The number of aliphatic hydroxyl groups excluding tert-OH is 1. The molecule has 2 rings (SSSR count). The molecule has 1 aromatic rings. The van der Waals surface area contributed by atoms with Gasteiger partial charge in [-0.2, -0.15) is 0 Å². The van der Waals surface area contributed by atoms with E-state index in [1.54, 1.807) is 11.8 Å². The number of piperidine rings is 1. The van der Waals surface area contributed by atoms with Crippen LogP contribution in [0.15, 0.2) is 18.5 Å². The molecular weight excluding hydrogens is 235 g/mol. The first-order chi connectivity index (χ1) is 8.58. The summed E-state index contributed by atoms with van der Waals surface area (Å²) in [4.78, 5) is 17.5. The van der Waals surface area contributed by atoms with E-state index in [-0.39, 0.29) is 17.4 Å². The molecule has 0 spiro atoms. The van der Waals surface area contributed by atoms with E-state index in [0.717, 1.165) is 19.0 Å². The maximum absolute atomic E-state index is 13.0. The Hall–Kier alpha value is -1.49. The lowest BCUT2D eigenvalue weighted by molar-refractivity contribution is 0.0465. The van der Waals surface area contributed by atoms with Crippen molar-refractivity contribution in [3.05, 3.63) is 29.8 Å². The number of pyridine rings is 1. The second-order valence-corrected chi connectivity index (χ2v) is 4.79. The fourth-order valence-electron chi connectivity index (χ4n) is 2.30. The number of halogens is 1. The summed E-state index contributed by atoms with van der Waals surface area (Å²) >= 11 is 0. The van der Waals surface area contributed by atoms with Crippen LogP contribution in [-0.4, -0.2) is 40.1 Å². The number of hydrogen-bond donors (Lipinski definition) is 1. The highest BCUT2D eigenvalue weighted by atomic mass is 19.1. The minimum absolute atomic E-state index is 0.101. The van der Waals surface area contributed by atoms with Gasteiger partial charge in [0.25, 0.3) is 5.91 Å². The van der Waals surface area contributed by atoms with Crippen LogP contribution in [0.4, 0.5) is 4.39 Å². The van der Waals surface area contributed by atoms with E-state index in [0.29, 0.717) is 13.1 Å². The van der Waals surface area contributed by atoms with Gasteiger partial charge in [-0.3, -0.25) is 9.78 Å². The lowest BCUT2D eigenvalue weighted by Gasteiger charge is -2.34. The molecule has 2 heterocycles. The topological polar surface area (TPSA) is 53.4 Å². The van der Waals surface area contributed by atoms with E-state index in [1.807, 2.05) is 0 Å². The average molecular weight is 252 g/mol. The van der Waals surface area contributed by atoms with Crippen LogP contribution in [0.2, 0.25) is 0 Å². The first kappa shape index (κ1) is 13.0. The zero-order valence-electron chi connectivity index (χ0n) is 10.3. The quantitative estimate of drug-likeness (QED) is 0.866. The molecule has 1 aliphatic rings. The fourth-order valence-corrected chi connectivity index (χ4v) is 2.30. The minimum Gasteiger partial charge on any atom is -0.393 e. The molecule has 1 fully saturated rings. The van der Waals surface area contributed by atoms with Crippen molar-refractivity contribution in [2.24, 2.45) is 5.92 Å². The summed E-state index contributed by atoms with van der Waals surface area (Å²) in [5.74, 6) is -0.624. The summed E-state index contributed by atoms with van der Waals surface area (Å²) in [5.41, 5.74) is 0.265. The van der Waals surface area contributed by atoms with Crippen LogP contribution in [0, 0.1) is 11.7 Å². The zero-order valence-corrected chi connectivity index (χ0v) is 10.3. The van der Waals surface area contributed by atoms with Crippen molar-refractivity contribution in [1.29, 1.82) is 0 Å². The van der Waals surface area contributed by atoms with Crippen molar-refractivity contribution in [3.8, 4) is 0 Å². The monoisotopic (exact) mass is 252 g/mol. The van der Waals surface area contributed by atoms with Crippen molar-refractivity contribution in [2.75, 3.05) is 13.1 Å². The highest BCUT2D eigenvalue weighted by Gasteiger charge is 2.27. The number of carbonyl (C=O) groups is 1. The van der Waals surface area contributed by atoms with E-state index >= 15 is 0 Å². The van der Waals surface area contributed by atoms with Gasteiger partial charge in [0.15, 0.2) is 0 Å². The number of hydrogen-bond acceptors (Lipinski definition) is 3. The second-order valence-electron chi connectivity index (χ2n) is 4.79. The van der Waals surface area contributed by atoms with Crippen molar-refractivity contribution >= 4 is 5.91 Å². The molecule has 0 bridgehead atoms. The van der Waals surface area contributed by atoms with Crippen molar-refractivity contribution in [3.63, 3.8) is 0 Å². The molecule has 18 heavy (non-hydrogen) atoms. The molecule has 5 heteroatoms. The molecule has 1 aromatic heterocycles. The minimum atomic E-state index is -0.509. The highest BCUT2D eigenvalue weighted by molar-refractivity contribution is 5.93. The molecule has 0 aliphatic carbocycles. The third-order valence-electron chi connectivity index (χ3n) is 3.38. The summed E-state index contributed by atoms with van der Waals surface area (Å²) in [6.45, 7) is 2.91. The molecule has 0 aromatic carbocycles. The van der Waals surface area contributed by atoms with Gasteiger partial charge in [0.2, 0.25) is 0 Å². The molecule has 2 unspecified atom stereocenters. The Morgan fingerprint density at radius 1 is 1.61 bits per heavy atom. The number of rotatable bonds is 2. The van der Waals surface area contributed by atoms with Crippen LogP contribution in [-0.2, 0) is 0 Å². The van der Waals surface area contributed by atoms with E-state index in [4.69, 9.17) is 0 Å². The van der Waals surface area contributed by atoms with Gasteiger partial charge in [-0.15, -0.1) is 0 Å². The van der Waals surface area contributed by atoms with E-state index in [9.17, 15) is 14.3 Å². The van der Waals surface area contributed by atoms with E-state index in [2.05, 4.69) is 4.98 Å². The number of aliphatic hydroxyl groups is 1. The third-order valence-corrected chi connectivity index (χ3v) is 3.38. The molecule has 1 aliphatic heterocycles. The Labute approximate surface area is 105 Å². The lowest BCUT2D eigenvalue weighted by Crippen LogP contribution is -2.43. The van der Waals surface area contributed by atoms with Gasteiger partial charge >= 0.3 is 0 Å². The van der Waals surface area contributed by atoms with E-state index in [1.165, 1.54) is 12.3 Å². The Balaban J connectivity index is 2.09. The normalized spacial score (nSPS) is 21.7. The Morgan fingerprint density at radius 3 is 3.06 bits per heavy atom. The fraction of sp³-hybridized carbons (Fsp3) is 0.538. The van der Waals surface area contributed by atoms with Gasteiger partial charge in [-0.1, -0.05) is 0 Å². The summed E-state index contributed by atoms with van der Waals surface area (Å²) in [5, 5.41) is 9.58. The first-order valence-corrected chi connectivity index (χ1v) is 6.16. The molecular formula is C13H17FN2O2. The predicted molar refractivity (Wildman–Crippen MR) is 64.5 cm³/mol. The van der Waals surface area contributed by atoms with Gasteiger partial charge in [-0.05, 0) is 25.8 Å². The second kappa shape index (κ2) is 5.44. The SMILES string of the molecule is CC(O)C1CCCN(C(=O)c2cncc(F)c2)C1. The van der Waals surface area contributed by atoms with Crippen LogP contribution >= 0.6 is 0 Å². The van der Waals surface area contributed by atoms with Gasteiger partial charge in [-0.25, -0.2) is 4.39 Å². The van der Waals surface area contributed by atoms with Crippen molar-refractivity contribution in [1.82, 2.24) is 9.88 Å². The van der Waals surface area contributed by atoms with Crippen LogP contribution in [0.1, 0.15) is 30.1 Å². The Bertz CT molecular complexity index is 437. The number of amides is 1. The Kier molecular flexibility index (Phi) is 3.91. The standard InChI is InChI=1S/C13H17FN2O2/c1-9(17)10-3-2-4-16(8-10)13(18)11-5-12(14)7-15-6-11/h5-7,9-10,17H,2-4,8H2,1H3. The number of likely N-dealkylation sites (tertiary alicyclic amines) is 1. The molecule has 1 amide bonds. The third kappa shape index (κ3) is 2.85. The average Bonchev–Trinajstić information content (AvgIpc) is 2.38. The number of carbonyl (C=O) groups excluding carboxylic acids is 1. The van der Waals surface area contributed by atoms with Gasteiger partial charge in [0, 0.05) is 25.2 Å². The summed E-state index contributed by atoms with van der Waals surface area (Å²) < 4.78 is 13.0. The largest absolute Gasteiger partial charge is 0.393 e. The highest BCUT2D eigenvalue weighted by Crippen LogP contribution is 2.21. The molecule has 2 atom stereocenters. The maximum atomic E-state index is 13.0. The van der Waals surface area contributed by atoms with Crippen LogP contribution in [0.25, 0.3) is 0 Å². The summed E-state index contributed by atoms with van der Waals surface area (Å²) in [6, 6.07) is 1.20. The Morgan fingerprint density at radius 2 is 2.39 bits per heavy atom. The summed E-state index contributed by atoms with van der Waals surface area (Å²) in [6.07, 6.45) is 3.81. The predicted octanol–water partition coefficient (Wildman–Crippen LogP) is 1.45. The first-order valence-electron chi connectivity index (χ1n) is 6.16. The molecule has 1 saturated heterocycles. The zero-order chi connectivity index (χ0) is 13.1. The number of aromatic nitrogens is 1. The molecule has 0 saturated carbocycles. The molecule has 0 radical (unpaired) electrons. The van der Waals surface area contributed by atoms with Gasteiger partial charge < -0.3 is 10.0 Å². The van der Waals surface area contributed by atoms with Crippen molar-refractivity contribution in [2.45, 2.75) is 25.9 Å². The molecule has 1 N–H and O–H groups in total. The van der Waals surface area contributed by atoms with Gasteiger partial charge in [0.05, 0.1) is 17.9 Å². The smallest absolute Gasteiger partial charge is 0.255 e. The van der Waals surface area contributed by atoms with Crippen LogP contribution in [0.5, 0.6) is 0 Å². The van der Waals surface area contributed by atoms with Crippen molar-refractivity contribution < 1.29 is 14.3 Å². The molecule has 98 valence electrons. The summed E-state index contributed by atoms with van der Waals surface area (Å²) in [7, 11) is 0. The maximum Gasteiger partial charge on any atom is 0.255 e. The van der Waals surface area contributed by atoms with Crippen LogP contribution in [0.3, 0.4) is 0 Å². The lowest BCUT2D eigenvalue weighted by atomic mass is 9.93.